The van der Waals surface area contributed by atoms with Gasteiger partial charge in [0.25, 0.3) is 0 Å². The van der Waals surface area contributed by atoms with Gasteiger partial charge in [-0.05, 0) is 18.8 Å². The van der Waals surface area contributed by atoms with Crippen molar-refractivity contribution in [2.24, 2.45) is 5.92 Å². The SMILES string of the molecule is CON1C(=O)CC2CCCCC21. The van der Waals surface area contributed by atoms with Crippen molar-refractivity contribution in [3.8, 4) is 0 Å². The lowest BCUT2D eigenvalue weighted by Crippen LogP contribution is -2.35. The van der Waals surface area contributed by atoms with E-state index in [0.717, 1.165) is 6.42 Å². The Morgan fingerprint density at radius 2 is 2.17 bits per heavy atom. The third kappa shape index (κ3) is 1.12. The van der Waals surface area contributed by atoms with E-state index >= 15 is 0 Å². The Hall–Kier alpha value is -0.570. The minimum absolute atomic E-state index is 0.175. The van der Waals surface area contributed by atoms with E-state index in [2.05, 4.69) is 0 Å². The molecule has 3 heteroatoms. The molecule has 0 bridgehead atoms. The molecule has 0 aromatic heterocycles. The van der Waals surface area contributed by atoms with Crippen molar-refractivity contribution in [2.45, 2.75) is 38.1 Å². The second-order valence-electron chi connectivity index (χ2n) is 3.72. The maximum atomic E-state index is 11.4. The number of fused-ring (bicyclic) bond motifs is 1. The molecule has 2 rings (SSSR count). The Labute approximate surface area is 72.6 Å². The van der Waals surface area contributed by atoms with Crippen LogP contribution in [-0.4, -0.2) is 24.1 Å². The quantitative estimate of drug-likeness (QED) is 0.592. The molecule has 3 nitrogen and oxygen atoms in total. The number of nitrogens with zero attached hydrogens (tertiary/aromatic N) is 1. The standard InChI is InChI=1S/C9H15NO2/c1-12-10-8-5-3-2-4-7(8)6-9(10)11/h7-8H,2-6H2,1H3. The highest BCUT2D eigenvalue weighted by molar-refractivity contribution is 5.78. The van der Waals surface area contributed by atoms with Gasteiger partial charge in [-0.3, -0.25) is 9.63 Å². The molecule has 1 heterocycles. The minimum atomic E-state index is 0.175. The van der Waals surface area contributed by atoms with Crippen molar-refractivity contribution in [3.63, 3.8) is 0 Å². The van der Waals surface area contributed by atoms with Gasteiger partial charge in [0.2, 0.25) is 5.91 Å². The van der Waals surface area contributed by atoms with Gasteiger partial charge in [0, 0.05) is 6.42 Å². The Balaban J connectivity index is 2.10. The molecule has 1 aliphatic carbocycles. The minimum Gasteiger partial charge on any atom is -0.274 e. The number of carbonyl (C=O) groups excluding carboxylic acids is 1. The van der Waals surface area contributed by atoms with E-state index in [1.807, 2.05) is 0 Å². The molecule has 2 atom stereocenters. The summed E-state index contributed by atoms with van der Waals surface area (Å²) in [6.07, 6.45) is 5.57. The van der Waals surface area contributed by atoms with E-state index < -0.39 is 0 Å². The van der Waals surface area contributed by atoms with Gasteiger partial charge in [0.15, 0.2) is 0 Å². The number of amides is 1. The summed E-state index contributed by atoms with van der Waals surface area (Å²) in [6.45, 7) is 0. The highest BCUT2D eigenvalue weighted by atomic mass is 16.7. The third-order valence-corrected chi connectivity index (χ3v) is 3.05. The Bertz CT molecular complexity index is 193. The van der Waals surface area contributed by atoms with Gasteiger partial charge >= 0.3 is 0 Å². The van der Waals surface area contributed by atoms with Crippen LogP contribution in [0.3, 0.4) is 0 Å². The smallest absolute Gasteiger partial charge is 0.246 e. The van der Waals surface area contributed by atoms with Gasteiger partial charge in [0.05, 0.1) is 13.2 Å². The lowest BCUT2D eigenvalue weighted by molar-refractivity contribution is -0.180. The zero-order valence-corrected chi connectivity index (χ0v) is 7.45. The van der Waals surface area contributed by atoms with Crippen LogP contribution in [0.1, 0.15) is 32.1 Å². The predicted molar refractivity (Wildman–Crippen MR) is 44.2 cm³/mol. The summed E-state index contributed by atoms with van der Waals surface area (Å²) < 4.78 is 0. The normalized spacial score (nSPS) is 35.4. The lowest BCUT2D eigenvalue weighted by atomic mass is 9.85. The van der Waals surface area contributed by atoms with Crippen LogP contribution in [0.25, 0.3) is 0 Å². The number of hydrogen-bond donors (Lipinski definition) is 0. The van der Waals surface area contributed by atoms with Gasteiger partial charge in [0.1, 0.15) is 0 Å². The first-order valence-corrected chi connectivity index (χ1v) is 4.69. The van der Waals surface area contributed by atoms with Crippen LogP contribution in [0, 0.1) is 5.92 Å². The highest BCUT2D eigenvalue weighted by Crippen LogP contribution is 2.36. The van der Waals surface area contributed by atoms with Gasteiger partial charge in [-0.15, -0.1) is 0 Å². The molecule has 2 unspecified atom stereocenters. The first kappa shape index (κ1) is 8.05. The van der Waals surface area contributed by atoms with Crippen LogP contribution in [0.2, 0.25) is 0 Å². The molecular weight excluding hydrogens is 154 g/mol. The third-order valence-electron chi connectivity index (χ3n) is 3.05. The molecule has 1 saturated heterocycles. The van der Waals surface area contributed by atoms with Gasteiger partial charge < -0.3 is 0 Å². The molecule has 1 amide bonds. The Kier molecular flexibility index (Phi) is 2.05. The van der Waals surface area contributed by atoms with Crippen LogP contribution in [0.15, 0.2) is 0 Å². The topological polar surface area (TPSA) is 29.5 Å². The summed E-state index contributed by atoms with van der Waals surface area (Å²) in [7, 11) is 1.59. The largest absolute Gasteiger partial charge is 0.274 e. The zero-order chi connectivity index (χ0) is 8.55. The second-order valence-corrected chi connectivity index (χ2v) is 3.72. The maximum Gasteiger partial charge on any atom is 0.246 e. The monoisotopic (exact) mass is 169 g/mol. The van der Waals surface area contributed by atoms with Crippen molar-refractivity contribution in [2.75, 3.05) is 7.11 Å². The van der Waals surface area contributed by atoms with E-state index in [9.17, 15) is 4.79 Å². The summed E-state index contributed by atoms with van der Waals surface area (Å²) in [4.78, 5) is 16.4. The number of rotatable bonds is 1. The van der Waals surface area contributed by atoms with Crippen LogP contribution >= 0.6 is 0 Å². The lowest BCUT2D eigenvalue weighted by Gasteiger charge is -2.29. The van der Waals surface area contributed by atoms with Crippen molar-refractivity contribution in [1.29, 1.82) is 0 Å². The average molecular weight is 169 g/mol. The Morgan fingerprint density at radius 1 is 1.42 bits per heavy atom. The van der Waals surface area contributed by atoms with Crippen molar-refractivity contribution in [1.82, 2.24) is 5.06 Å². The fourth-order valence-corrected chi connectivity index (χ4v) is 2.47. The van der Waals surface area contributed by atoms with Crippen molar-refractivity contribution in [3.05, 3.63) is 0 Å². The molecule has 0 aromatic carbocycles. The summed E-state index contributed by atoms with van der Waals surface area (Å²) >= 11 is 0. The first-order valence-electron chi connectivity index (χ1n) is 4.69. The fraction of sp³-hybridized carbons (Fsp3) is 0.889. The number of hydroxylamine groups is 2. The number of carbonyl (C=O) groups is 1. The van der Waals surface area contributed by atoms with Crippen LogP contribution in [-0.2, 0) is 9.63 Å². The molecule has 0 aromatic rings. The van der Waals surface area contributed by atoms with E-state index in [0.29, 0.717) is 18.4 Å². The molecule has 0 N–H and O–H groups in total. The zero-order valence-electron chi connectivity index (χ0n) is 7.45. The predicted octanol–water partition coefficient (Wildman–Crippen LogP) is 1.34. The summed E-state index contributed by atoms with van der Waals surface area (Å²) in [6, 6.07) is 0.385. The van der Waals surface area contributed by atoms with Gasteiger partial charge in [-0.1, -0.05) is 12.8 Å². The van der Waals surface area contributed by atoms with Crippen LogP contribution < -0.4 is 0 Å². The molecule has 1 saturated carbocycles. The van der Waals surface area contributed by atoms with E-state index in [4.69, 9.17) is 4.84 Å². The molecule has 0 spiro atoms. The molecule has 68 valence electrons. The fourth-order valence-electron chi connectivity index (χ4n) is 2.47. The average Bonchev–Trinajstić information content (AvgIpc) is 2.40. The van der Waals surface area contributed by atoms with Crippen LogP contribution in [0.4, 0.5) is 0 Å². The van der Waals surface area contributed by atoms with Crippen molar-refractivity contribution >= 4 is 5.91 Å². The van der Waals surface area contributed by atoms with E-state index in [1.165, 1.54) is 19.3 Å². The Morgan fingerprint density at radius 3 is 2.92 bits per heavy atom. The molecule has 0 radical (unpaired) electrons. The van der Waals surface area contributed by atoms with Crippen LogP contribution in [0.5, 0.6) is 0 Å². The summed E-state index contributed by atoms with van der Waals surface area (Å²) in [5, 5.41) is 1.59. The second kappa shape index (κ2) is 3.05. The number of hydrogen-bond acceptors (Lipinski definition) is 2. The summed E-state index contributed by atoms with van der Waals surface area (Å²) in [5.74, 6) is 0.751. The highest BCUT2D eigenvalue weighted by Gasteiger charge is 2.41. The molecular formula is C9H15NO2. The molecule has 12 heavy (non-hydrogen) atoms. The van der Waals surface area contributed by atoms with E-state index in [1.54, 1.807) is 12.2 Å². The molecule has 2 fully saturated rings. The van der Waals surface area contributed by atoms with Crippen molar-refractivity contribution < 1.29 is 9.63 Å². The first-order chi connectivity index (χ1) is 5.83. The molecule has 2 aliphatic rings. The molecule has 1 aliphatic heterocycles. The summed E-state index contributed by atoms with van der Waals surface area (Å²) in [5.41, 5.74) is 0. The van der Waals surface area contributed by atoms with Gasteiger partial charge in [-0.2, -0.15) is 0 Å². The maximum absolute atomic E-state index is 11.4. The van der Waals surface area contributed by atoms with E-state index in [-0.39, 0.29) is 5.91 Å². The van der Waals surface area contributed by atoms with Gasteiger partial charge in [-0.25, -0.2) is 5.06 Å².